The second-order valence-corrected chi connectivity index (χ2v) is 5.29. The van der Waals surface area contributed by atoms with Gasteiger partial charge in [0.15, 0.2) is 0 Å². The second kappa shape index (κ2) is 6.34. The zero-order chi connectivity index (χ0) is 13.0. The van der Waals surface area contributed by atoms with Gasteiger partial charge in [0.05, 0.1) is 5.56 Å². The lowest BCUT2D eigenvalue weighted by Crippen LogP contribution is -2.25. The highest BCUT2D eigenvalue weighted by atomic mass is 35.5. The van der Waals surface area contributed by atoms with Gasteiger partial charge in [-0.15, -0.1) is 0 Å². The second-order valence-electron chi connectivity index (χ2n) is 4.94. The van der Waals surface area contributed by atoms with Crippen molar-refractivity contribution in [3.63, 3.8) is 0 Å². The van der Waals surface area contributed by atoms with Crippen LogP contribution in [0.3, 0.4) is 0 Å². The van der Waals surface area contributed by atoms with E-state index in [0.717, 1.165) is 12.1 Å². The van der Waals surface area contributed by atoms with E-state index in [4.69, 9.17) is 16.3 Å². The summed E-state index contributed by atoms with van der Waals surface area (Å²) in [6, 6.07) is 0. The molecular formula is C13H20ClN3O. The zero-order valence-corrected chi connectivity index (χ0v) is 11.8. The van der Waals surface area contributed by atoms with Crippen molar-refractivity contribution in [3.8, 4) is 5.88 Å². The molecule has 0 aromatic carbocycles. The summed E-state index contributed by atoms with van der Waals surface area (Å²) in [5.74, 6) is 0.893. The third-order valence-electron chi connectivity index (χ3n) is 3.22. The van der Waals surface area contributed by atoms with E-state index in [1.165, 1.54) is 32.3 Å². The molecule has 0 spiro atoms. The Morgan fingerprint density at radius 1 is 1.33 bits per heavy atom. The highest BCUT2D eigenvalue weighted by Crippen LogP contribution is 2.29. The molecule has 0 radical (unpaired) electrons. The number of halogens is 1. The first-order valence-corrected chi connectivity index (χ1v) is 6.92. The summed E-state index contributed by atoms with van der Waals surface area (Å²) in [5.41, 5.74) is 0.903. The molecule has 1 aromatic heterocycles. The molecule has 0 aliphatic carbocycles. The van der Waals surface area contributed by atoms with Crippen LogP contribution in [0.1, 0.15) is 38.2 Å². The average molecular weight is 270 g/mol. The molecule has 0 N–H and O–H groups in total. The van der Waals surface area contributed by atoms with E-state index in [-0.39, 0.29) is 5.92 Å². The fourth-order valence-electron chi connectivity index (χ4n) is 2.24. The Kier molecular flexibility index (Phi) is 4.78. The molecular weight excluding hydrogens is 250 g/mol. The van der Waals surface area contributed by atoms with Gasteiger partial charge in [0.2, 0.25) is 5.88 Å². The first kappa shape index (κ1) is 13.6. The lowest BCUT2D eigenvalue weighted by atomic mass is 10.1. The maximum absolute atomic E-state index is 6.09. The van der Waals surface area contributed by atoms with E-state index < -0.39 is 0 Å². The highest BCUT2D eigenvalue weighted by molar-refractivity contribution is 6.30. The lowest BCUT2D eigenvalue weighted by Gasteiger charge is -2.17. The van der Waals surface area contributed by atoms with Gasteiger partial charge in [-0.2, -0.15) is 0 Å². The number of nitrogens with zero attached hydrogens (tertiary/aromatic N) is 3. The van der Waals surface area contributed by atoms with Crippen LogP contribution in [0.2, 0.25) is 5.15 Å². The fraction of sp³-hybridized carbons (Fsp3) is 0.692. The third kappa shape index (κ3) is 3.33. The SMILES string of the molecule is CC(C)c1c(Cl)ncnc1OCCN1CCCC1. The summed E-state index contributed by atoms with van der Waals surface area (Å²) >= 11 is 6.09. The molecule has 1 aromatic rings. The van der Waals surface area contributed by atoms with Crippen molar-refractivity contribution in [1.82, 2.24) is 14.9 Å². The topological polar surface area (TPSA) is 38.3 Å². The van der Waals surface area contributed by atoms with Crippen LogP contribution in [-0.2, 0) is 0 Å². The Morgan fingerprint density at radius 2 is 2.06 bits per heavy atom. The van der Waals surface area contributed by atoms with E-state index in [1.54, 1.807) is 0 Å². The van der Waals surface area contributed by atoms with Crippen LogP contribution in [0, 0.1) is 0 Å². The number of hydrogen-bond donors (Lipinski definition) is 0. The first-order chi connectivity index (χ1) is 8.68. The van der Waals surface area contributed by atoms with E-state index in [0.29, 0.717) is 17.6 Å². The predicted molar refractivity (Wildman–Crippen MR) is 72.3 cm³/mol. The number of likely N-dealkylation sites (tertiary alicyclic amines) is 1. The Balaban J connectivity index is 1.93. The molecule has 4 nitrogen and oxygen atoms in total. The molecule has 100 valence electrons. The van der Waals surface area contributed by atoms with Gasteiger partial charge in [-0.1, -0.05) is 25.4 Å². The molecule has 1 aliphatic rings. The minimum Gasteiger partial charge on any atom is -0.476 e. The Hall–Kier alpha value is -0.870. The van der Waals surface area contributed by atoms with E-state index in [2.05, 4.69) is 28.7 Å². The Labute approximate surface area is 113 Å². The molecule has 0 saturated carbocycles. The highest BCUT2D eigenvalue weighted by Gasteiger charge is 2.16. The lowest BCUT2D eigenvalue weighted by molar-refractivity contribution is 0.229. The number of aromatic nitrogens is 2. The molecule has 1 saturated heterocycles. The molecule has 2 rings (SSSR count). The van der Waals surface area contributed by atoms with E-state index in [9.17, 15) is 0 Å². The van der Waals surface area contributed by atoms with E-state index >= 15 is 0 Å². The van der Waals surface area contributed by atoms with Crippen LogP contribution in [0.4, 0.5) is 0 Å². The summed E-state index contributed by atoms with van der Waals surface area (Å²) in [4.78, 5) is 10.6. The normalized spacial score (nSPS) is 16.4. The van der Waals surface area contributed by atoms with Gasteiger partial charge >= 0.3 is 0 Å². The smallest absolute Gasteiger partial charge is 0.221 e. The summed E-state index contributed by atoms with van der Waals surface area (Å²) in [5, 5.41) is 0.496. The number of rotatable bonds is 5. The molecule has 0 amide bonds. The minimum atomic E-state index is 0.264. The van der Waals surface area contributed by atoms with E-state index in [1.807, 2.05) is 0 Å². The summed E-state index contributed by atoms with van der Waals surface area (Å²) in [6.07, 6.45) is 4.06. The Bertz CT molecular complexity index is 392. The summed E-state index contributed by atoms with van der Waals surface area (Å²) in [6.45, 7) is 8.12. The van der Waals surface area contributed by atoms with Gasteiger partial charge < -0.3 is 4.74 Å². The van der Waals surface area contributed by atoms with Crippen molar-refractivity contribution in [2.75, 3.05) is 26.2 Å². The van der Waals surface area contributed by atoms with Crippen LogP contribution in [0.5, 0.6) is 5.88 Å². The van der Waals surface area contributed by atoms with Crippen LogP contribution in [0.25, 0.3) is 0 Å². The molecule has 0 unspecified atom stereocenters. The predicted octanol–water partition coefficient (Wildman–Crippen LogP) is 2.73. The monoisotopic (exact) mass is 269 g/mol. The van der Waals surface area contributed by atoms with Gasteiger partial charge in [0.25, 0.3) is 0 Å². The van der Waals surface area contributed by atoms with Crippen LogP contribution < -0.4 is 4.74 Å². The summed E-state index contributed by atoms with van der Waals surface area (Å²) < 4.78 is 5.76. The van der Waals surface area contributed by atoms with Crippen molar-refractivity contribution < 1.29 is 4.74 Å². The molecule has 0 atom stereocenters. The van der Waals surface area contributed by atoms with Gasteiger partial charge in [-0.05, 0) is 31.8 Å². The van der Waals surface area contributed by atoms with Gasteiger partial charge in [-0.25, -0.2) is 9.97 Å². The largest absolute Gasteiger partial charge is 0.476 e. The average Bonchev–Trinajstić information content (AvgIpc) is 2.81. The minimum absolute atomic E-state index is 0.264. The quantitative estimate of drug-likeness (QED) is 0.771. The third-order valence-corrected chi connectivity index (χ3v) is 3.52. The van der Waals surface area contributed by atoms with Crippen molar-refractivity contribution >= 4 is 11.6 Å². The molecule has 1 aliphatic heterocycles. The summed E-state index contributed by atoms with van der Waals surface area (Å²) in [7, 11) is 0. The Morgan fingerprint density at radius 3 is 2.72 bits per heavy atom. The fourth-order valence-corrected chi connectivity index (χ4v) is 2.58. The maximum Gasteiger partial charge on any atom is 0.221 e. The molecule has 5 heteroatoms. The molecule has 0 bridgehead atoms. The first-order valence-electron chi connectivity index (χ1n) is 6.54. The standard InChI is InChI=1S/C13H20ClN3O/c1-10(2)11-12(14)15-9-16-13(11)18-8-7-17-5-3-4-6-17/h9-10H,3-8H2,1-2H3. The molecule has 2 heterocycles. The van der Waals surface area contributed by atoms with Crippen LogP contribution >= 0.6 is 11.6 Å². The van der Waals surface area contributed by atoms with Gasteiger partial charge in [0, 0.05) is 6.54 Å². The van der Waals surface area contributed by atoms with Gasteiger partial charge in [-0.3, -0.25) is 4.90 Å². The van der Waals surface area contributed by atoms with Gasteiger partial charge in [0.1, 0.15) is 18.1 Å². The zero-order valence-electron chi connectivity index (χ0n) is 11.0. The van der Waals surface area contributed by atoms with Crippen molar-refractivity contribution in [1.29, 1.82) is 0 Å². The van der Waals surface area contributed by atoms with Crippen LogP contribution in [0.15, 0.2) is 6.33 Å². The molecule has 1 fully saturated rings. The molecule has 18 heavy (non-hydrogen) atoms. The number of ether oxygens (including phenoxy) is 1. The van der Waals surface area contributed by atoms with Crippen molar-refractivity contribution in [2.24, 2.45) is 0 Å². The maximum atomic E-state index is 6.09. The van der Waals surface area contributed by atoms with Crippen LogP contribution in [-0.4, -0.2) is 41.1 Å². The van der Waals surface area contributed by atoms with Crippen molar-refractivity contribution in [2.45, 2.75) is 32.6 Å². The number of hydrogen-bond acceptors (Lipinski definition) is 4. The van der Waals surface area contributed by atoms with Crippen molar-refractivity contribution in [3.05, 3.63) is 17.0 Å².